The quantitative estimate of drug-likeness (QED) is 0.491. The molecule has 0 saturated carbocycles. The number of nitrogens with one attached hydrogen (secondary N) is 1. The normalized spacial score (nSPS) is 12.4. The number of carbonyl (C=O) groups is 1. The fourth-order valence-electron chi connectivity index (χ4n) is 3.56. The highest BCUT2D eigenvalue weighted by Gasteiger charge is 2.26. The molecule has 0 fully saturated rings. The van der Waals surface area contributed by atoms with Gasteiger partial charge in [0.15, 0.2) is 11.5 Å². The van der Waals surface area contributed by atoms with Crippen molar-refractivity contribution in [2.75, 3.05) is 23.0 Å². The van der Waals surface area contributed by atoms with Gasteiger partial charge >= 0.3 is 0 Å². The van der Waals surface area contributed by atoms with Gasteiger partial charge in [-0.05, 0) is 61.4 Å². The molecule has 1 amide bonds. The summed E-state index contributed by atoms with van der Waals surface area (Å²) >= 11 is 6.25. The molecule has 0 bridgehead atoms. The minimum atomic E-state index is -3.93. The molecule has 1 aliphatic heterocycles. The van der Waals surface area contributed by atoms with Crippen LogP contribution >= 0.6 is 11.6 Å². The van der Waals surface area contributed by atoms with Gasteiger partial charge in [0.2, 0.25) is 12.7 Å². The molecule has 0 radical (unpaired) electrons. The number of fused-ring (bicyclic) bond motifs is 1. The number of hydrogen-bond donors (Lipinski definition) is 1. The van der Waals surface area contributed by atoms with Crippen LogP contribution in [0.4, 0.5) is 11.4 Å². The lowest BCUT2D eigenvalue weighted by Crippen LogP contribution is -2.31. The molecule has 1 aliphatic rings. The van der Waals surface area contributed by atoms with Gasteiger partial charge in [-0.3, -0.25) is 9.10 Å². The van der Waals surface area contributed by atoms with Crippen LogP contribution in [0.3, 0.4) is 0 Å². The maximum absolute atomic E-state index is 13.3. The average molecular weight is 487 g/mol. The molecule has 4 rings (SSSR count). The number of benzene rings is 3. The van der Waals surface area contributed by atoms with Gasteiger partial charge in [0.05, 0.1) is 10.7 Å². The lowest BCUT2D eigenvalue weighted by Gasteiger charge is -2.23. The van der Waals surface area contributed by atoms with Crippen molar-refractivity contribution < 1.29 is 22.7 Å². The summed E-state index contributed by atoms with van der Waals surface area (Å²) in [7, 11) is -3.93. The summed E-state index contributed by atoms with van der Waals surface area (Å²) < 4.78 is 38.6. The Labute approximate surface area is 197 Å². The van der Waals surface area contributed by atoms with E-state index < -0.39 is 10.0 Å². The molecule has 0 atom stereocenters. The van der Waals surface area contributed by atoms with E-state index in [1.54, 1.807) is 37.3 Å². The highest BCUT2D eigenvalue weighted by Crippen LogP contribution is 2.33. The number of nitrogens with zero attached hydrogens (tertiary/aromatic N) is 1. The van der Waals surface area contributed by atoms with Gasteiger partial charge in [-0.15, -0.1) is 0 Å². The molecule has 3 aromatic carbocycles. The third-order valence-corrected chi connectivity index (χ3v) is 7.58. The molecule has 0 aliphatic carbocycles. The van der Waals surface area contributed by atoms with E-state index in [4.69, 9.17) is 21.1 Å². The van der Waals surface area contributed by atoms with Crippen LogP contribution < -0.4 is 19.1 Å². The predicted molar refractivity (Wildman–Crippen MR) is 128 cm³/mol. The summed E-state index contributed by atoms with van der Waals surface area (Å²) in [5.74, 6) is 1.11. The summed E-state index contributed by atoms with van der Waals surface area (Å²) in [5.41, 5.74) is 1.84. The smallest absolute Gasteiger partial charge is 0.265 e. The van der Waals surface area contributed by atoms with Crippen molar-refractivity contribution in [1.82, 2.24) is 0 Å². The van der Waals surface area contributed by atoms with E-state index in [2.05, 4.69) is 5.32 Å². The van der Waals surface area contributed by atoms with Crippen molar-refractivity contribution in [2.45, 2.75) is 24.7 Å². The third-order valence-electron chi connectivity index (χ3n) is 5.19. The Balaban J connectivity index is 1.48. The molecule has 0 unspecified atom stereocenters. The molecular weight excluding hydrogens is 464 g/mol. The molecule has 0 spiro atoms. The number of sulfonamides is 1. The predicted octanol–water partition coefficient (Wildman–Crippen LogP) is 4.86. The van der Waals surface area contributed by atoms with Crippen LogP contribution in [0.2, 0.25) is 5.02 Å². The number of rotatable bonds is 8. The number of amides is 1. The van der Waals surface area contributed by atoms with Crippen LogP contribution in [-0.2, 0) is 21.2 Å². The molecule has 7 nitrogen and oxygen atoms in total. The van der Waals surface area contributed by atoms with E-state index in [1.807, 2.05) is 24.3 Å². The van der Waals surface area contributed by atoms with Crippen LogP contribution in [0, 0.1) is 0 Å². The highest BCUT2D eigenvalue weighted by molar-refractivity contribution is 7.93. The van der Waals surface area contributed by atoms with Crippen LogP contribution in [-0.4, -0.2) is 27.7 Å². The van der Waals surface area contributed by atoms with E-state index in [1.165, 1.54) is 16.4 Å². The molecule has 1 heterocycles. The lowest BCUT2D eigenvalue weighted by atomic mass is 10.1. The number of para-hydroxylation sites is 1. The first-order chi connectivity index (χ1) is 15.9. The Morgan fingerprint density at radius 2 is 1.79 bits per heavy atom. The lowest BCUT2D eigenvalue weighted by molar-refractivity contribution is -0.116. The zero-order chi connectivity index (χ0) is 23.4. The SMILES string of the molecule is CCN(c1ccccc1)S(=O)(=O)c1cc(NC(=O)CCc2ccc3c(c2)OCO3)ccc1Cl. The summed E-state index contributed by atoms with van der Waals surface area (Å²) in [5, 5.41) is 2.85. The van der Waals surface area contributed by atoms with Gasteiger partial charge in [-0.2, -0.15) is 0 Å². The zero-order valence-electron chi connectivity index (χ0n) is 18.0. The first-order valence-electron chi connectivity index (χ1n) is 10.4. The second-order valence-electron chi connectivity index (χ2n) is 7.39. The summed E-state index contributed by atoms with van der Waals surface area (Å²) in [6, 6.07) is 18.8. The molecule has 0 aromatic heterocycles. The van der Waals surface area contributed by atoms with E-state index in [9.17, 15) is 13.2 Å². The van der Waals surface area contributed by atoms with Gasteiger partial charge in [0.1, 0.15) is 4.90 Å². The molecule has 172 valence electrons. The summed E-state index contributed by atoms with van der Waals surface area (Å²) in [6.07, 6.45) is 0.717. The van der Waals surface area contributed by atoms with Crippen LogP contribution in [0.15, 0.2) is 71.6 Å². The average Bonchev–Trinajstić information content (AvgIpc) is 3.28. The Kier molecular flexibility index (Phi) is 6.76. The number of aryl methyl sites for hydroxylation is 1. The maximum atomic E-state index is 13.3. The first-order valence-corrected chi connectivity index (χ1v) is 12.3. The highest BCUT2D eigenvalue weighted by atomic mass is 35.5. The Morgan fingerprint density at radius 3 is 2.55 bits per heavy atom. The fourth-order valence-corrected chi connectivity index (χ4v) is 5.54. The van der Waals surface area contributed by atoms with Crippen molar-refractivity contribution in [3.8, 4) is 11.5 Å². The van der Waals surface area contributed by atoms with Gasteiger partial charge in [0.25, 0.3) is 10.0 Å². The molecule has 9 heteroatoms. The first kappa shape index (κ1) is 22.9. The van der Waals surface area contributed by atoms with Crippen molar-refractivity contribution >= 4 is 38.9 Å². The van der Waals surface area contributed by atoms with Crippen LogP contribution in [0.25, 0.3) is 0 Å². The van der Waals surface area contributed by atoms with Gasteiger partial charge in [0, 0.05) is 18.7 Å². The number of hydrogen-bond acceptors (Lipinski definition) is 5. The van der Waals surface area contributed by atoms with E-state index in [0.29, 0.717) is 29.3 Å². The summed E-state index contributed by atoms with van der Waals surface area (Å²) in [6.45, 7) is 2.18. The molecule has 3 aromatic rings. The molecule has 1 N–H and O–H groups in total. The molecule has 33 heavy (non-hydrogen) atoms. The van der Waals surface area contributed by atoms with Gasteiger partial charge in [-0.1, -0.05) is 35.9 Å². The van der Waals surface area contributed by atoms with Gasteiger partial charge < -0.3 is 14.8 Å². The minimum absolute atomic E-state index is 0.0663. The van der Waals surface area contributed by atoms with Crippen molar-refractivity contribution in [3.63, 3.8) is 0 Å². The molecule has 0 saturated heterocycles. The zero-order valence-corrected chi connectivity index (χ0v) is 19.5. The summed E-state index contributed by atoms with van der Waals surface area (Å²) in [4.78, 5) is 12.5. The van der Waals surface area contributed by atoms with Crippen molar-refractivity contribution in [2.24, 2.45) is 0 Å². The Morgan fingerprint density at radius 1 is 1.03 bits per heavy atom. The topological polar surface area (TPSA) is 84.9 Å². The monoisotopic (exact) mass is 486 g/mol. The second kappa shape index (κ2) is 9.72. The van der Waals surface area contributed by atoms with E-state index in [0.717, 1.165) is 5.56 Å². The maximum Gasteiger partial charge on any atom is 0.265 e. The standard InChI is InChI=1S/C24H23ClN2O5S/c1-2-27(19-6-4-3-5-7-19)33(29,30)23-15-18(10-11-20(23)25)26-24(28)13-9-17-8-12-21-22(14-17)32-16-31-21/h3-8,10-12,14-15H,2,9,13,16H2,1H3,(H,26,28). The minimum Gasteiger partial charge on any atom is -0.454 e. The fraction of sp³-hybridized carbons (Fsp3) is 0.208. The Hall–Kier alpha value is -3.23. The largest absolute Gasteiger partial charge is 0.454 e. The Bertz CT molecular complexity index is 1270. The van der Waals surface area contributed by atoms with E-state index >= 15 is 0 Å². The number of halogens is 1. The van der Waals surface area contributed by atoms with Crippen molar-refractivity contribution in [1.29, 1.82) is 0 Å². The van der Waals surface area contributed by atoms with Crippen molar-refractivity contribution in [3.05, 3.63) is 77.3 Å². The molecular formula is C24H23ClN2O5S. The van der Waals surface area contributed by atoms with Crippen LogP contribution in [0.5, 0.6) is 11.5 Å². The number of ether oxygens (including phenoxy) is 2. The number of carbonyl (C=O) groups excluding carboxylic acids is 1. The second-order valence-corrected chi connectivity index (χ2v) is 9.62. The third kappa shape index (κ3) is 5.07. The number of anilines is 2. The van der Waals surface area contributed by atoms with E-state index in [-0.39, 0.29) is 35.6 Å². The van der Waals surface area contributed by atoms with Crippen LogP contribution in [0.1, 0.15) is 18.9 Å². The van der Waals surface area contributed by atoms with Gasteiger partial charge in [-0.25, -0.2) is 8.42 Å².